The molecule has 0 amide bonds. The zero-order valence-electron chi connectivity index (χ0n) is 15.8. The average molecular weight is 373 g/mol. The van der Waals surface area contributed by atoms with Gasteiger partial charge in [0.2, 0.25) is 0 Å². The van der Waals surface area contributed by atoms with Crippen molar-refractivity contribution in [1.82, 2.24) is 9.97 Å². The Bertz CT molecular complexity index is 1010. The second-order valence-corrected chi connectivity index (χ2v) is 7.65. The fraction of sp³-hybridized carbons (Fsp3) is 0.348. The van der Waals surface area contributed by atoms with E-state index in [4.69, 9.17) is 9.72 Å². The van der Waals surface area contributed by atoms with Gasteiger partial charge in [-0.15, -0.1) is 0 Å². The van der Waals surface area contributed by atoms with Crippen molar-refractivity contribution in [2.75, 3.05) is 31.2 Å². The standard InChI is InChI=1S/C23H23N3O2/c27-22(18-5-6-18)13-16-1-3-17(4-2-16)19-7-8-20-21(14-19)25-23(15-24-20)26-9-11-28-12-10-26/h1-4,7-8,14-15,18H,5-6,9-13H2. The largest absolute Gasteiger partial charge is 0.378 e. The van der Waals surface area contributed by atoms with Crippen LogP contribution in [0.1, 0.15) is 18.4 Å². The molecule has 3 aromatic rings. The minimum atomic E-state index is 0.319. The number of carbonyl (C=O) groups is 1. The molecule has 1 saturated carbocycles. The molecule has 1 aliphatic carbocycles. The first-order valence-electron chi connectivity index (χ1n) is 9.98. The van der Waals surface area contributed by atoms with Gasteiger partial charge in [-0.1, -0.05) is 30.3 Å². The lowest BCUT2D eigenvalue weighted by molar-refractivity contribution is -0.119. The summed E-state index contributed by atoms with van der Waals surface area (Å²) >= 11 is 0. The highest BCUT2D eigenvalue weighted by molar-refractivity contribution is 5.86. The molecule has 0 spiro atoms. The molecule has 1 saturated heterocycles. The van der Waals surface area contributed by atoms with Gasteiger partial charge in [0.1, 0.15) is 11.6 Å². The number of rotatable bonds is 5. The van der Waals surface area contributed by atoms with Crippen LogP contribution in [-0.2, 0) is 16.0 Å². The molecule has 1 aliphatic heterocycles. The Balaban J connectivity index is 1.39. The first-order valence-corrected chi connectivity index (χ1v) is 9.98. The van der Waals surface area contributed by atoms with Gasteiger partial charge in [-0.2, -0.15) is 0 Å². The van der Waals surface area contributed by atoms with Crippen LogP contribution in [0.25, 0.3) is 22.2 Å². The Labute approximate surface area is 164 Å². The summed E-state index contributed by atoms with van der Waals surface area (Å²) in [5.74, 6) is 1.60. The molecule has 5 rings (SSSR count). The minimum Gasteiger partial charge on any atom is -0.378 e. The molecule has 5 nitrogen and oxygen atoms in total. The average Bonchev–Trinajstić information content (AvgIpc) is 3.60. The number of ether oxygens (including phenoxy) is 1. The van der Waals surface area contributed by atoms with E-state index in [1.165, 1.54) is 0 Å². The molecule has 0 N–H and O–H groups in total. The minimum absolute atomic E-state index is 0.319. The third-order valence-electron chi connectivity index (χ3n) is 5.56. The van der Waals surface area contributed by atoms with Crippen LogP contribution in [0.5, 0.6) is 0 Å². The van der Waals surface area contributed by atoms with Gasteiger partial charge in [0.15, 0.2) is 0 Å². The van der Waals surface area contributed by atoms with Crippen LogP contribution in [0.3, 0.4) is 0 Å². The van der Waals surface area contributed by atoms with E-state index in [0.29, 0.717) is 18.1 Å². The summed E-state index contributed by atoms with van der Waals surface area (Å²) < 4.78 is 5.42. The maximum Gasteiger partial charge on any atom is 0.148 e. The highest BCUT2D eigenvalue weighted by Gasteiger charge is 2.28. The highest BCUT2D eigenvalue weighted by Crippen LogP contribution is 2.31. The molecule has 5 heteroatoms. The number of hydrogen-bond acceptors (Lipinski definition) is 5. The number of carbonyl (C=O) groups excluding carboxylic acids is 1. The highest BCUT2D eigenvalue weighted by atomic mass is 16.5. The van der Waals surface area contributed by atoms with Crippen molar-refractivity contribution in [2.24, 2.45) is 5.92 Å². The lowest BCUT2D eigenvalue weighted by Crippen LogP contribution is -2.36. The smallest absolute Gasteiger partial charge is 0.148 e. The summed E-state index contributed by atoms with van der Waals surface area (Å²) in [6.07, 6.45) is 4.54. The molecule has 0 radical (unpaired) electrons. The second-order valence-electron chi connectivity index (χ2n) is 7.65. The van der Waals surface area contributed by atoms with E-state index >= 15 is 0 Å². The summed E-state index contributed by atoms with van der Waals surface area (Å²) in [7, 11) is 0. The van der Waals surface area contributed by atoms with Crippen molar-refractivity contribution in [3.05, 3.63) is 54.2 Å². The molecular formula is C23H23N3O2. The summed E-state index contributed by atoms with van der Waals surface area (Å²) in [6, 6.07) is 14.5. The molecular weight excluding hydrogens is 350 g/mol. The van der Waals surface area contributed by atoms with E-state index in [1.54, 1.807) is 0 Å². The summed E-state index contributed by atoms with van der Waals surface area (Å²) in [4.78, 5) is 23.6. The molecule has 2 aromatic carbocycles. The number of aromatic nitrogens is 2. The topological polar surface area (TPSA) is 55.3 Å². The maximum absolute atomic E-state index is 12.0. The van der Waals surface area contributed by atoms with Crippen LogP contribution in [0.15, 0.2) is 48.7 Å². The van der Waals surface area contributed by atoms with Gasteiger partial charge in [-0.25, -0.2) is 4.98 Å². The Kier molecular flexibility index (Phi) is 4.53. The van der Waals surface area contributed by atoms with Gasteiger partial charge in [-0.05, 0) is 41.7 Å². The van der Waals surface area contributed by atoms with Crippen molar-refractivity contribution in [3.8, 4) is 11.1 Å². The number of Topliss-reactive ketones (excluding diaryl/α,β-unsaturated/α-hetero) is 1. The molecule has 2 heterocycles. The lowest BCUT2D eigenvalue weighted by atomic mass is 10.0. The summed E-state index contributed by atoms with van der Waals surface area (Å²) in [6.45, 7) is 3.16. The Hall–Kier alpha value is -2.79. The van der Waals surface area contributed by atoms with Crippen LogP contribution in [0.4, 0.5) is 5.82 Å². The molecule has 142 valence electrons. The fourth-order valence-corrected chi connectivity index (χ4v) is 3.69. The van der Waals surface area contributed by atoms with Crippen molar-refractivity contribution in [3.63, 3.8) is 0 Å². The van der Waals surface area contributed by atoms with E-state index in [0.717, 1.165) is 72.7 Å². The first kappa shape index (κ1) is 17.3. The van der Waals surface area contributed by atoms with Crippen molar-refractivity contribution < 1.29 is 9.53 Å². The molecule has 2 fully saturated rings. The number of anilines is 1. The SMILES string of the molecule is O=C(Cc1ccc(-c2ccc3ncc(N4CCOCC4)nc3c2)cc1)C1CC1. The van der Waals surface area contributed by atoms with E-state index in [-0.39, 0.29) is 0 Å². The molecule has 28 heavy (non-hydrogen) atoms. The molecule has 0 unspecified atom stereocenters. The van der Waals surface area contributed by atoms with Crippen molar-refractivity contribution in [1.29, 1.82) is 0 Å². The van der Waals surface area contributed by atoms with Crippen LogP contribution in [0.2, 0.25) is 0 Å². The second kappa shape index (κ2) is 7.32. The number of benzene rings is 2. The predicted octanol–water partition coefficient (Wildman–Crippen LogP) is 3.66. The van der Waals surface area contributed by atoms with E-state index < -0.39 is 0 Å². The molecule has 2 aliphatic rings. The van der Waals surface area contributed by atoms with Crippen LogP contribution < -0.4 is 4.90 Å². The van der Waals surface area contributed by atoms with Crippen LogP contribution in [0, 0.1) is 5.92 Å². The Morgan fingerprint density at radius 2 is 1.75 bits per heavy atom. The Morgan fingerprint density at radius 3 is 2.50 bits per heavy atom. The van der Waals surface area contributed by atoms with Gasteiger partial charge in [-0.3, -0.25) is 9.78 Å². The monoisotopic (exact) mass is 373 g/mol. The summed E-state index contributed by atoms with van der Waals surface area (Å²) in [5.41, 5.74) is 5.13. The lowest BCUT2D eigenvalue weighted by Gasteiger charge is -2.27. The zero-order chi connectivity index (χ0) is 18.9. The summed E-state index contributed by atoms with van der Waals surface area (Å²) in [5, 5.41) is 0. The van der Waals surface area contributed by atoms with Crippen molar-refractivity contribution in [2.45, 2.75) is 19.3 Å². The van der Waals surface area contributed by atoms with Crippen molar-refractivity contribution >= 4 is 22.6 Å². The molecule has 0 bridgehead atoms. The van der Waals surface area contributed by atoms with E-state index in [9.17, 15) is 4.79 Å². The van der Waals surface area contributed by atoms with Gasteiger partial charge < -0.3 is 9.64 Å². The van der Waals surface area contributed by atoms with Crippen LogP contribution >= 0.6 is 0 Å². The maximum atomic E-state index is 12.0. The molecule has 0 atom stereocenters. The van der Waals surface area contributed by atoms with Gasteiger partial charge in [0.05, 0.1) is 30.4 Å². The third kappa shape index (κ3) is 3.62. The number of morpholine rings is 1. The normalized spacial score (nSPS) is 17.1. The number of hydrogen-bond donors (Lipinski definition) is 0. The number of nitrogens with zero attached hydrogens (tertiary/aromatic N) is 3. The van der Waals surface area contributed by atoms with Gasteiger partial charge in [0.25, 0.3) is 0 Å². The number of ketones is 1. The first-order chi connectivity index (χ1) is 13.8. The quantitative estimate of drug-likeness (QED) is 0.683. The van der Waals surface area contributed by atoms with E-state index in [1.807, 2.05) is 12.3 Å². The predicted molar refractivity (Wildman–Crippen MR) is 109 cm³/mol. The third-order valence-corrected chi connectivity index (χ3v) is 5.56. The fourth-order valence-electron chi connectivity index (χ4n) is 3.69. The number of fused-ring (bicyclic) bond motifs is 1. The van der Waals surface area contributed by atoms with Gasteiger partial charge >= 0.3 is 0 Å². The van der Waals surface area contributed by atoms with Crippen LogP contribution in [-0.4, -0.2) is 42.1 Å². The zero-order valence-corrected chi connectivity index (χ0v) is 15.8. The molecule has 1 aromatic heterocycles. The van der Waals surface area contributed by atoms with Gasteiger partial charge in [0, 0.05) is 25.4 Å². The Morgan fingerprint density at radius 1 is 1.00 bits per heavy atom. The van der Waals surface area contributed by atoms with E-state index in [2.05, 4.69) is 46.3 Å².